The molecule has 0 saturated carbocycles. The van der Waals surface area contributed by atoms with Gasteiger partial charge in [0.2, 0.25) is 0 Å². The summed E-state index contributed by atoms with van der Waals surface area (Å²) in [7, 11) is 0. The van der Waals surface area contributed by atoms with Crippen LogP contribution in [0.2, 0.25) is 0 Å². The smallest absolute Gasteiger partial charge is 0.0283 e. The first kappa shape index (κ1) is 31.2. The van der Waals surface area contributed by atoms with Crippen LogP contribution in [0.1, 0.15) is 42.5 Å². The van der Waals surface area contributed by atoms with Gasteiger partial charge in [-0.25, -0.2) is 0 Å². The molecule has 0 spiro atoms. The molecule has 1 aliphatic carbocycles. The lowest BCUT2D eigenvalue weighted by atomic mass is 9.66. The minimum atomic E-state index is -0.363. The van der Waals surface area contributed by atoms with Gasteiger partial charge in [-0.3, -0.25) is 0 Å². The first-order chi connectivity index (χ1) is 19.0. The number of rotatable bonds is 8. The van der Waals surface area contributed by atoms with Gasteiger partial charge in [-0.05, 0) is 52.9 Å². The molecule has 0 heterocycles. The zero-order valence-corrected chi connectivity index (χ0v) is 27.6. The van der Waals surface area contributed by atoms with Crippen molar-refractivity contribution >= 4 is 75.8 Å². The molecule has 0 N–H and O–H groups in total. The van der Waals surface area contributed by atoms with E-state index in [4.69, 9.17) is 31.7 Å². The van der Waals surface area contributed by atoms with E-state index in [1.54, 1.807) is 6.08 Å². The molecule has 3 unspecified atom stereocenters. The number of hydrogen-bond acceptors (Lipinski definition) is 6. The van der Waals surface area contributed by atoms with Gasteiger partial charge in [0.05, 0.1) is 0 Å². The Morgan fingerprint density at radius 2 is 1.43 bits per heavy atom. The third-order valence-electron chi connectivity index (χ3n) is 7.78. The standard InChI is InChI=1S/C34H32S6/c1-4-6-25(35)7-5-18-33(2,29-16-14-27(37)20-31(29)39)22-8-10-23(11-9-22)34(3,24-12-13-26(36)19-24)30-17-15-28(38)21-32(30)40/h1,5-17,19-21,24,35-40H,18H2,2-3H3/b7-5-,25-6+. The van der Waals surface area contributed by atoms with E-state index in [0.717, 1.165) is 46.9 Å². The molecule has 0 radical (unpaired) electrons. The molecular weight excluding hydrogens is 601 g/mol. The SMILES string of the molecule is C#C/C=C(S)\C=C/CC(C)(c1ccc(C(C)(c2ccc(S)cc2S)C2C=CC(S)=C2)cc1)c1ccc(S)cc1S. The highest BCUT2D eigenvalue weighted by Gasteiger charge is 2.38. The summed E-state index contributed by atoms with van der Waals surface area (Å²) in [6.07, 6.45) is 18.3. The van der Waals surface area contributed by atoms with E-state index in [2.05, 4.69) is 131 Å². The summed E-state index contributed by atoms with van der Waals surface area (Å²) in [5, 5.41) is 0. The topological polar surface area (TPSA) is 0 Å². The van der Waals surface area contributed by atoms with E-state index in [9.17, 15) is 0 Å². The van der Waals surface area contributed by atoms with E-state index in [1.165, 1.54) is 11.1 Å². The molecule has 1 aliphatic rings. The summed E-state index contributed by atoms with van der Waals surface area (Å²) in [5.74, 6) is 2.65. The zero-order valence-electron chi connectivity index (χ0n) is 22.3. The second kappa shape index (κ2) is 13.1. The molecule has 0 amide bonds. The Labute approximate surface area is 272 Å². The Balaban J connectivity index is 1.83. The van der Waals surface area contributed by atoms with Gasteiger partial charge in [0, 0.05) is 52.2 Å². The molecule has 0 nitrogen and oxygen atoms in total. The molecule has 3 aromatic rings. The van der Waals surface area contributed by atoms with Gasteiger partial charge in [-0.15, -0.1) is 82.2 Å². The highest BCUT2D eigenvalue weighted by Crippen LogP contribution is 2.47. The average molecular weight is 633 g/mol. The van der Waals surface area contributed by atoms with Crippen LogP contribution < -0.4 is 0 Å². The van der Waals surface area contributed by atoms with Crippen molar-refractivity contribution in [3.63, 3.8) is 0 Å². The molecule has 0 aliphatic heterocycles. The average Bonchev–Trinajstić information content (AvgIpc) is 3.35. The van der Waals surface area contributed by atoms with Crippen molar-refractivity contribution in [3.05, 3.63) is 129 Å². The molecule has 40 heavy (non-hydrogen) atoms. The Morgan fingerprint density at radius 1 is 0.850 bits per heavy atom. The van der Waals surface area contributed by atoms with Gasteiger partial charge in [0.25, 0.3) is 0 Å². The van der Waals surface area contributed by atoms with Crippen LogP contribution in [-0.4, -0.2) is 0 Å². The summed E-state index contributed by atoms with van der Waals surface area (Å²) in [6.45, 7) is 4.52. The van der Waals surface area contributed by atoms with Gasteiger partial charge in [-0.1, -0.05) is 86.5 Å². The Hall–Kier alpha value is -1.72. The lowest BCUT2D eigenvalue weighted by Gasteiger charge is -2.37. The number of allylic oxidation sites excluding steroid dienone is 6. The summed E-state index contributed by atoms with van der Waals surface area (Å²) >= 11 is 27.9. The minimum Gasteiger partial charge on any atom is -0.144 e. The first-order valence-electron chi connectivity index (χ1n) is 12.8. The van der Waals surface area contributed by atoms with Crippen LogP contribution in [0.5, 0.6) is 0 Å². The molecule has 4 rings (SSSR count). The minimum absolute atomic E-state index is 0.126. The molecular formula is C34H32S6. The van der Waals surface area contributed by atoms with Crippen LogP contribution in [0.15, 0.2) is 127 Å². The normalized spacial score (nSPS) is 18.3. The molecule has 3 atom stereocenters. The Bertz CT molecular complexity index is 1570. The molecule has 3 aromatic carbocycles. The fourth-order valence-corrected chi connectivity index (χ4v) is 7.39. The number of terminal acetylenes is 1. The lowest BCUT2D eigenvalue weighted by molar-refractivity contribution is 0.478. The third kappa shape index (κ3) is 6.51. The van der Waals surface area contributed by atoms with Gasteiger partial charge < -0.3 is 0 Å². The van der Waals surface area contributed by atoms with Gasteiger partial charge in [0.15, 0.2) is 0 Å². The predicted molar refractivity (Wildman–Crippen MR) is 191 cm³/mol. The maximum atomic E-state index is 5.42. The number of hydrogen-bond donors (Lipinski definition) is 6. The maximum Gasteiger partial charge on any atom is 0.0283 e. The quantitative estimate of drug-likeness (QED) is 0.0795. The van der Waals surface area contributed by atoms with Crippen molar-refractivity contribution in [2.75, 3.05) is 0 Å². The molecule has 0 aromatic heterocycles. The van der Waals surface area contributed by atoms with Crippen LogP contribution in [-0.2, 0) is 10.8 Å². The van der Waals surface area contributed by atoms with Crippen molar-refractivity contribution in [3.8, 4) is 12.3 Å². The van der Waals surface area contributed by atoms with Crippen molar-refractivity contribution < 1.29 is 0 Å². The molecule has 0 fully saturated rings. The number of thiol groups is 6. The summed E-state index contributed by atoms with van der Waals surface area (Å²) in [4.78, 5) is 5.29. The molecule has 6 heteroatoms. The van der Waals surface area contributed by atoms with E-state index in [0.29, 0.717) is 0 Å². The Morgan fingerprint density at radius 3 is 1.95 bits per heavy atom. The summed E-state index contributed by atoms with van der Waals surface area (Å²) < 4.78 is 0. The zero-order chi connectivity index (χ0) is 29.1. The highest BCUT2D eigenvalue weighted by molar-refractivity contribution is 7.85. The highest BCUT2D eigenvalue weighted by atomic mass is 32.1. The van der Waals surface area contributed by atoms with E-state index < -0.39 is 0 Å². The van der Waals surface area contributed by atoms with Crippen LogP contribution in [0.4, 0.5) is 0 Å². The second-order valence-corrected chi connectivity index (χ2v) is 13.4. The monoisotopic (exact) mass is 632 g/mol. The van der Waals surface area contributed by atoms with Crippen molar-refractivity contribution in [1.82, 2.24) is 0 Å². The predicted octanol–water partition coefficient (Wildman–Crippen LogP) is 9.85. The van der Waals surface area contributed by atoms with Gasteiger partial charge in [-0.2, -0.15) is 0 Å². The molecule has 0 saturated heterocycles. The van der Waals surface area contributed by atoms with Crippen LogP contribution in [0.3, 0.4) is 0 Å². The fraction of sp³-hybridized carbons (Fsp3) is 0.176. The van der Waals surface area contributed by atoms with E-state index in [1.807, 2.05) is 30.3 Å². The van der Waals surface area contributed by atoms with E-state index >= 15 is 0 Å². The van der Waals surface area contributed by atoms with Crippen LogP contribution in [0.25, 0.3) is 0 Å². The lowest BCUT2D eigenvalue weighted by Crippen LogP contribution is -2.32. The van der Waals surface area contributed by atoms with Crippen molar-refractivity contribution in [2.45, 2.75) is 50.7 Å². The van der Waals surface area contributed by atoms with Gasteiger partial charge >= 0.3 is 0 Å². The molecule has 204 valence electrons. The van der Waals surface area contributed by atoms with Crippen molar-refractivity contribution in [2.24, 2.45) is 5.92 Å². The summed E-state index contributed by atoms with van der Waals surface area (Å²) in [6, 6.07) is 21.2. The Kier molecular flexibility index (Phi) is 10.2. The van der Waals surface area contributed by atoms with Crippen LogP contribution >= 0.6 is 75.8 Å². The maximum absolute atomic E-state index is 5.42. The largest absolute Gasteiger partial charge is 0.144 e. The summed E-state index contributed by atoms with van der Waals surface area (Å²) in [5.41, 5.74) is 3.91. The second-order valence-electron chi connectivity index (χ2n) is 10.3. The van der Waals surface area contributed by atoms with Crippen molar-refractivity contribution in [1.29, 1.82) is 0 Å². The van der Waals surface area contributed by atoms with E-state index in [-0.39, 0.29) is 16.7 Å². The van der Waals surface area contributed by atoms with Gasteiger partial charge in [0.1, 0.15) is 0 Å². The third-order valence-corrected chi connectivity index (χ3v) is 9.65. The number of benzene rings is 3. The molecule has 0 bridgehead atoms. The first-order valence-corrected chi connectivity index (χ1v) is 15.4. The van der Waals surface area contributed by atoms with Crippen LogP contribution in [0, 0.1) is 18.3 Å². The fourth-order valence-electron chi connectivity index (χ4n) is 5.45.